The van der Waals surface area contributed by atoms with Crippen molar-refractivity contribution in [1.82, 2.24) is 9.78 Å². The Morgan fingerprint density at radius 3 is 2.50 bits per heavy atom. The molecule has 1 N–H and O–H groups in total. The van der Waals surface area contributed by atoms with Gasteiger partial charge in [0.15, 0.2) is 0 Å². The fourth-order valence-corrected chi connectivity index (χ4v) is 2.52. The van der Waals surface area contributed by atoms with Gasteiger partial charge in [-0.15, -0.1) is 0 Å². The Morgan fingerprint density at radius 2 is 2.00 bits per heavy atom. The van der Waals surface area contributed by atoms with Gasteiger partial charge >= 0.3 is 0 Å². The maximum absolute atomic E-state index is 9.84. The normalized spacial score (nSPS) is 18.2. The van der Waals surface area contributed by atoms with Crippen molar-refractivity contribution in [1.29, 1.82) is 0 Å². The number of aromatic hydroxyl groups is 1. The van der Waals surface area contributed by atoms with Gasteiger partial charge in [0.2, 0.25) is 5.88 Å². The summed E-state index contributed by atoms with van der Waals surface area (Å²) in [6.45, 7) is 6.16. The lowest BCUT2D eigenvalue weighted by atomic mass is 10.0. The van der Waals surface area contributed by atoms with Gasteiger partial charge in [0.1, 0.15) is 0 Å². The highest BCUT2D eigenvalue weighted by molar-refractivity contribution is 5.16. The third-order valence-corrected chi connectivity index (χ3v) is 3.35. The van der Waals surface area contributed by atoms with Crippen molar-refractivity contribution in [3.8, 4) is 5.88 Å². The SMILES string of the molecule is CC(C)(C)n1nc(CC2CCCC2)cc1O. The smallest absolute Gasteiger partial charge is 0.209 e. The lowest BCUT2D eigenvalue weighted by molar-refractivity contribution is 0.293. The van der Waals surface area contributed by atoms with E-state index in [4.69, 9.17) is 0 Å². The molecule has 0 amide bonds. The van der Waals surface area contributed by atoms with Crippen LogP contribution in [0.2, 0.25) is 0 Å². The van der Waals surface area contributed by atoms with Gasteiger partial charge in [0, 0.05) is 6.07 Å². The molecule has 1 saturated carbocycles. The highest BCUT2D eigenvalue weighted by atomic mass is 16.3. The van der Waals surface area contributed by atoms with Crippen LogP contribution in [0.15, 0.2) is 6.07 Å². The minimum absolute atomic E-state index is 0.141. The van der Waals surface area contributed by atoms with Gasteiger partial charge in [-0.25, -0.2) is 4.68 Å². The zero-order valence-electron chi connectivity index (χ0n) is 10.5. The van der Waals surface area contributed by atoms with Crippen LogP contribution in [0, 0.1) is 5.92 Å². The first-order valence-corrected chi connectivity index (χ1v) is 6.25. The van der Waals surface area contributed by atoms with Crippen LogP contribution in [0.1, 0.15) is 52.1 Å². The van der Waals surface area contributed by atoms with E-state index in [0.29, 0.717) is 5.88 Å². The van der Waals surface area contributed by atoms with Gasteiger partial charge < -0.3 is 5.11 Å². The quantitative estimate of drug-likeness (QED) is 0.835. The third kappa shape index (κ3) is 2.39. The van der Waals surface area contributed by atoms with E-state index in [9.17, 15) is 5.11 Å². The Hall–Kier alpha value is -0.990. The molecule has 0 aliphatic heterocycles. The molecule has 3 nitrogen and oxygen atoms in total. The lowest BCUT2D eigenvalue weighted by Gasteiger charge is -2.19. The molecular formula is C13H22N2O. The van der Waals surface area contributed by atoms with Crippen LogP contribution in [0.3, 0.4) is 0 Å². The second-order valence-corrected chi connectivity index (χ2v) is 5.93. The molecule has 2 rings (SSSR count). The molecule has 1 fully saturated rings. The molecule has 1 aromatic heterocycles. The van der Waals surface area contributed by atoms with Crippen molar-refractivity contribution < 1.29 is 5.11 Å². The molecular weight excluding hydrogens is 200 g/mol. The van der Waals surface area contributed by atoms with Crippen molar-refractivity contribution in [2.75, 3.05) is 0 Å². The first-order chi connectivity index (χ1) is 7.47. The Labute approximate surface area is 97.5 Å². The molecule has 1 heterocycles. The summed E-state index contributed by atoms with van der Waals surface area (Å²) in [4.78, 5) is 0. The summed E-state index contributed by atoms with van der Waals surface area (Å²) in [6, 6.07) is 1.82. The molecule has 1 aliphatic rings. The number of hydrogen-bond acceptors (Lipinski definition) is 2. The molecule has 1 aromatic rings. The second-order valence-electron chi connectivity index (χ2n) is 5.93. The first kappa shape index (κ1) is 11.5. The zero-order valence-corrected chi connectivity index (χ0v) is 10.5. The molecule has 0 atom stereocenters. The van der Waals surface area contributed by atoms with E-state index in [-0.39, 0.29) is 5.54 Å². The Balaban J connectivity index is 2.11. The van der Waals surface area contributed by atoms with Crippen LogP contribution < -0.4 is 0 Å². The Bertz CT molecular complexity index is 356. The minimum atomic E-state index is -0.141. The summed E-state index contributed by atoms with van der Waals surface area (Å²) in [5, 5.41) is 14.4. The molecule has 0 saturated heterocycles. The third-order valence-electron chi connectivity index (χ3n) is 3.35. The fourth-order valence-electron chi connectivity index (χ4n) is 2.52. The van der Waals surface area contributed by atoms with Crippen molar-refractivity contribution in [2.45, 2.75) is 58.4 Å². The standard InChI is InChI=1S/C13H22N2O/c1-13(2,3)15-12(16)9-11(14-15)8-10-6-4-5-7-10/h9-10,16H,4-8H2,1-3H3. The minimum Gasteiger partial charge on any atom is -0.493 e. The van der Waals surface area contributed by atoms with Crippen LogP contribution in [-0.2, 0) is 12.0 Å². The van der Waals surface area contributed by atoms with Crippen molar-refractivity contribution in [3.05, 3.63) is 11.8 Å². The first-order valence-electron chi connectivity index (χ1n) is 6.25. The van der Waals surface area contributed by atoms with Crippen molar-refractivity contribution in [3.63, 3.8) is 0 Å². The van der Waals surface area contributed by atoms with Gasteiger partial charge in [0.25, 0.3) is 0 Å². The van der Waals surface area contributed by atoms with Gasteiger partial charge in [0.05, 0.1) is 11.2 Å². The summed E-state index contributed by atoms with van der Waals surface area (Å²) < 4.78 is 1.72. The molecule has 90 valence electrons. The summed E-state index contributed by atoms with van der Waals surface area (Å²) in [5.74, 6) is 1.07. The van der Waals surface area contributed by atoms with E-state index >= 15 is 0 Å². The molecule has 0 aromatic carbocycles. The van der Waals surface area contributed by atoms with E-state index < -0.39 is 0 Å². The van der Waals surface area contributed by atoms with E-state index in [1.54, 1.807) is 4.68 Å². The van der Waals surface area contributed by atoms with Crippen LogP contribution in [-0.4, -0.2) is 14.9 Å². The zero-order chi connectivity index (χ0) is 11.8. The average molecular weight is 222 g/mol. The summed E-state index contributed by atoms with van der Waals surface area (Å²) >= 11 is 0. The van der Waals surface area contributed by atoms with E-state index in [1.165, 1.54) is 25.7 Å². The van der Waals surface area contributed by atoms with E-state index in [2.05, 4.69) is 25.9 Å². The molecule has 0 bridgehead atoms. The predicted octanol–water partition coefficient (Wildman–Crippen LogP) is 3.08. The number of hydrogen-bond donors (Lipinski definition) is 1. The number of aromatic nitrogens is 2. The molecule has 16 heavy (non-hydrogen) atoms. The fraction of sp³-hybridized carbons (Fsp3) is 0.769. The van der Waals surface area contributed by atoms with Crippen LogP contribution in [0.5, 0.6) is 5.88 Å². The lowest BCUT2D eigenvalue weighted by Crippen LogP contribution is -2.22. The van der Waals surface area contributed by atoms with Gasteiger partial charge in [-0.3, -0.25) is 0 Å². The Kier molecular flexibility index (Phi) is 2.96. The monoisotopic (exact) mass is 222 g/mol. The van der Waals surface area contributed by atoms with Crippen LogP contribution in [0.25, 0.3) is 0 Å². The van der Waals surface area contributed by atoms with Crippen LogP contribution in [0.4, 0.5) is 0 Å². The van der Waals surface area contributed by atoms with Crippen molar-refractivity contribution >= 4 is 0 Å². The molecule has 0 radical (unpaired) electrons. The van der Waals surface area contributed by atoms with Gasteiger partial charge in [-0.05, 0) is 33.1 Å². The molecule has 1 aliphatic carbocycles. The number of nitrogens with zero attached hydrogens (tertiary/aromatic N) is 2. The van der Waals surface area contributed by atoms with Crippen LogP contribution >= 0.6 is 0 Å². The van der Waals surface area contributed by atoms with Gasteiger partial charge in [-0.2, -0.15) is 5.10 Å². The Morgan fingerprint density at radius 1 is 1.38 bits per heavy atom. The molecule has 3 heteroatoms. The molecule has 0 spiro atoms. The van der Waals surface area contributed by atoms with Gasteiger partial charge in [-0.1, -0.05) is 25.7 Å². The topological polar surface area (TPSA) is 38.0 Å². The van der Waals surface area contributed by atoms with Crippen molar-refractivity contribution in [2.24, 2.45) is 5.92 Å². The predicted molar refractivity (Wildman–Crippen MR) is 64.5 cm³/mol. The highest BCUT2D eigenvalue weighted by Crippen LogP contribution is 2.29. The highest BCUT2D eigenvalue weighted by Gasteiger charge is 2.22. The summed E-state index contributed by atoms with van der Waals surface area (Å²) in [5.41, 5.74) is 0.900. The largest absolute Gasteiger partial charge is 0.493 e. The maximum Gasteiger partial charge on any atom is 0.209 e. The summed E-state index contributed by atoms with van der Waals surface area (Å²) in [7, 11) is 0. The second kappa shape index (κ2) is 4.11. The molecule has 0 unspecified atom stereocenters. The number of rotatable bonds is 2. The van der Waals surface area contributed by atoms with E-state index in [0.717, 1.165) is 18.0 Å². The average Bonchev–Trinajstić information content (AvgIpc) is 2.74. The van der Waals surface area contributed by atoms with E-state index in [1.807, 2.05) is 6.07 Å². The summed E-state index contributed by atoms with van der Waals surface area (Å²) in [6.07, 6.45) is 6.39. The maximum atomic E-state index is 9.84.